The predicted molar refractivity (Wildman–Crippen MR) is 82.1 cm³/mol. The highest BCUT2D eigenvalue weighted by atomic mass is 14.3. The lowest BCUT2D eigenvalue weighted by atomic mass is 9.94. The average molecular weight is 248 g/mol. The first-order valence-electron chi connectivity index (χ1n) is 7.07. The van der Waals surface area contributed by atoms with E-state index in [-0.39, 0.29) is 0 Å². The van der Waals surface area contributed by atoms with E-state index in [2.05, 4.69) is 56.0 Å². The third-order valence-corrected chi connectivity index (χ3v) is 4.27. The van der Waals surface area contributed by atoms with Crippen molar-refractivity contribution < 1.29 is 0 Å². The van der Waals surface area contributed by atoms with Crippen LogP contribution in [0.3, 0.4) is 0 Å². The standard InChI is InChI=1S/C19H20/c1-3-7-15-11-18(10-14(15)4-2)19-12-16-8-5-6-9-17(16)13-19/h3-10,19H,2,11-13H2,1H3/b7-3-. The first-order valence-corrected chi connectivity index (χ1v) is 7.07. The molecule has 0 aromatic heterocycles. The largest absolute Gasteiger partial charge is 0.0985 e. The number of hydrogen-bond donors (Lipinski definition) is 0. The van der Waals surface area contributed by atoms with Crippen LogP contribution in [0.2, 0.25) is 0 Å². The lowest BCUT2D eigenvalue weighted by Gasteiger charge is -2.10. The highest BCUT2D eigenvalue weighted by Gasteiger charge is 2.26. The molecule has 0 amide bonds. The quantitative estimate of drug-likeness (QED) is 0.721. The van der Waals surface area contributed by atoms with Gasteiger partial charge in [0.05, 0.1) is 0 Å². The van der Waals surface area contributed by atoms with Gasteiger partial charge in [0.25, 0.3) is 0 Å². The van der Waals surface area contributed by atoms with Crippen LogP contribution in [-0.2, 0) is 12.8 Å². The Morgan fingerprint density at radius 2 is 1.84 bits per heavy atom. The molecule has 0 fully saturated rings. The molecular formula is C19H20. The highest BCUT2D eigenvalue weighted by Crippen LogP contribution is 2.38. The summed E-state index contributed by atoms with van der Waals surface area (Å²) in [4.78, 5) is 0. The molecule has 96 valence electrons. The van der Waals surface area contributed by atoms with Gasteiger partial charge in [-0.15, -0.1) is 0 Å². The third kappa shape index (κ3) is 2.23. The molecule has 0 saturated carbocycles. The molecule has 0 N–H and O–H groups in total. The molecule has 0 spiro atoms. The topological polar surface area (TPSA) is 0 Å². The minimum atomic E-state index is 0.690. The summed E-state index contributed by atoms with van der Waals surface area (Å²) in [6, 6.07) is 8.87. The Balaban J connectivity index is 1.80. The fourth-order valence-electron chi connectivity index (χ4n) is 3.30. The van der Waals surface area contributed by atoms with Gasteiger partial charge in [0.2, 0.25) is 0 Å². The maximum Gasteiger partial charge on any atom is -0.00549 e. The lowest BCUT2D eigenvalue weighted by Crippen LogP contribution is -2.02. The first kappa shape index (κ1) is 12.2. The molecular weight excluding hydrogens is 228 g/mol. The van der Waals surface area contributed by atoms with Crippen LogP contribution in [-0.4, -0.2) is 0 Å². The van der Waals surface area contributed by atoms with Gasteiger partial charge < -0.3 is 0 Å². The fourth-order valence-corrected chi connectivity index (χ4v) is 3.30. The van der Waals surface area contributed by atoms with Gasteiger partial charge in [-0.3, -0.25) is 0 Å². The first-order chi connectivity index (χ1) is 9.31. The second-order valence-corrected chi connectivity index (χ2v) is 5.45. The van der Waals surface area contributed by atoms with Crippen molar-refractivity contribution in [3.05, 3.63) is 83.0 Å². The van der Waals surface area contributed by atoms with Crippen molar-refractivity contribution in [3.8, 4) is 0 Å². The van der Waals surface area contributed by atoms with Crippen LogP contribution in [0, 0.1) is 5.92 Å². The van der Waals surface area contributed by atoms with Gasteiger partial charge in [0.15, 0.2) is 0 Å². The molecule has 0 heterocycles. The van der Waals surface area contributed by atoms with Crippen LogP contribution in [0.4, 0.5) is 0 Å². The van der Waals surface area contributed by atoms with E-state index in [4.69, 9.17) is 0 Å². The smallest absolute Gasteiger partial charge is 0.00549 e. The summed E-state index contributed by atoms with van der Waals surface area (Å²) in [7, 11) is 0. The summed E-state index contributed by atoms with van der Waals surface area (Å²) in [5.41, 5.74) is 7.38. The van der Waals surface area contributed by atoms with Gasteiger partial charge >= 0.3 is 0 Å². The molecule has 0 radical (unpaired) electrons. The van der Waals surface area contributed by atoms with Crippen molar-refractivity contribution in [1.82, 2.24) is 0 Å². The molecule has 0 bridgehead atoms. The van der Waals surface area contributed by atoms with Gasteiger partial charge in [-0.25, -0.2) is 0 Å². The average Bonchev–Trinajstić information content (AvgIpc) is 3.02. The zero-order chi connectivity index (χ0) is 13.2. The van der Waals surface area contributed by atoms with E-state index in [0.29, 0.717) is 5.92 Å². The van der Waals surface area contributed by atoms with E-state index in [9.17, 15) is 0 Å². The van der Waals surface area contributed by atoms with Gasteiger partial charge in [-0.1, -0.05) is 60.7 Å². The van der Waals surface area contributed by atoms with Crippen LogP contribution in [0.15, 0.2) is 71.9 Å². The normalized spacial score (nSPS) is 19.1. The predicted octanol–water partition coefficient (Wildman–Crippen LogP) is 4.79. The second kappa shape index (κ2) is 5.05. The number of rotatable bonds is 3. The third-order valence-electron chi connectivity index (χ3n) is 4.27. The molecule has 0 aliphatic heterocycles. The van der Waals surface area contributed by atoms with Crippen LogP contribution < -0.4 is 0 Å². The van der Waals surface area contributed by atoms with E-state index < -0.39 is 0 Å². The van der Waals surface area contributed by atoms with E-state index in [1.165, 1.54) is 35.1 Å². The van der Waals surface area contributed by atoms with Crippen molar-refractivity contribution in [3.63, 3.8) is 0 Å². The summed E-state index contributed by atoms with van der Waals surface area (Å²) < 4.78 is 0. The molecule has 0 atom stereocenters. The maximum absolute atomic E-state index is 3.94. The van der Waals surface area contributed by atoms with Crippen molar-refractivity contribution in [1.29, 1.82) is 0 Å². The van der Waals surface area contributed by atoms with Crippen molar-refractivity contribution in [2.45, 2.75) is 26.2 Å². The Morgan fingerprint density at radius 1 is 1.16 bits per heavy atom. The van der Waals surface area contributed by atoms with Crippen LogP contribution in [0.5, 0.6) is 0 Å². The molecule has 1 aromatic carbocycles. The Hall–Kier alpha value is -1.82. The van der Waals surface area contributed by atoms with Crippen molar-refractivity contribution in [2.24, 2.45) is 5.92 Å². The molecule has 2 aliphatic carbocycles. The molecule has 0 unspecified atom stereocenters. The van der Waals surface area contributed by atoms with Crippen molar-refractivity contribution >= 4 is 0 Å². The molecule has 0 saturated heterocycles. The number of benzene rings is 1. The molecule has 2 aliphatic rings. The second-order valence-electron chi connectivity index (χ2n) is 5.45. The Labute approximate surface area is 115 Å². The van der Waals surface area contributed by atoms with E-state index in [1.807, 2.05) is 6.08 Å². The Morgan fingerprint density at radius 3 is 2.42 bits per heavy atom. The van der Waals surface area contributed by atoms with Crippen LogP contribution in [0.1, 0.15) is 24.5 Å². The fraction of sp³-hybridized carbons (Fsp3) is 0.263. The summed E-state index contributed by atoms with van der Waals surface area (Å²) >= 11 is 0. The molecule has 3 rings (SSSR count). The summed E-state index contributed by atoms with van der Waals surface area (Å²) in [5, 5.41) is 0. The van der Waals surface area contributed by atoms with E-state index in [1.54, 1.807) is 5.57 Å². The molecule has 0 heteroatoms. The number of allylic oxidation sites excluding steroid dienone is 7. The summed E-state index contributed by atoms with van der Waals surface area (Å²) in [5.74, 6) is 0.690. The molecule has 1 aromatic rings. The SMILES string of the molecule is C=CC1=C(/C=C\C)CC(C2Cc3ccccc3C2)=C1. The highest BCUT2D eigenvalue weighted by molar-refractivity contribution is 5.51. The van der Waals surface area contributed by atoms with Gasteiger partial charge in [0.1, 0.15) is 0 Å². The number of hydrogen-bond acceptors (Lipinski definition) is 0. The monoisotopic (exact) mass is 248 g/mol. The van der Waals surface area contributed by atoms with Gasteiger partial charge in [-0.2, -0.15) is 0 Å². The maximum atomic E-state index is 3.94. The summed E-state index contributed by atoms with van der Waals surface area (Å²) in [6.45, 7) is 6.02. The minimum Gasteiger partial charge on any atom is -0.0985 e. The summed E-state index contributed by atoms with van der Waals surface area (Å²) in [6.07, 6.45) is 12.2. The molecule has 0 nitrogen and oxygen atoms in total. The zero-order valence-corrected chi connectivity index (χ0v) is 11.5. The number of fused-ring (bicyclic) bond motifs is 1. The van der Waals surface area contributed by atoms with Crippen molar-refractivity contribution in [2.75, 3.05) is 0 Å². The molecule has 19 heavy (non-hydrogen) atoms. The van der Waals surface area contributed by atoms with Gasteiger partial charge in [0, 0.05) is 0 Å². The minimum absolute atomic E-state index is 0.690. The Kier molecular flexibility index (Phi) is 3.25. The zero-order valence-electron chi connectivity index (χ0n) is 11.5. The van der Waals surface area contributed by atoms with E-state index in [0.717, 1.165) is 6.42 Å². The lowest BCUT2D eigenvalue weighted by molar-refractivity contribution is 0.646. The Bertz CT molecular complexity index is 571. The van der Waals surface area contributed by atoms with E-state index >= 15 is 0 Å². The van der Waals surface area contributed by atoms with Crippen LogP contribution >= 0.6 is 0 Å². The van der Waals surface area contributed by atoms with Gasteiger partial charge in [-0.05, 0) is 54.4 Å². The van der Waals surface area contributed by atoms with Crippen LogP contribution in [0.25, 0.3) is 0 Å².